The monoisotopic (exact) mass is 401 g/mol. The Balaban J connectivity index is 2.00. The minimum atomic E-state index is -3.78. The topological polar surface area (TPSA) is 106 Å². The molecule has 0 spiro atoms. The molecule has 0 aliphatic carbocycles. The van der Waals surface area contributed by atoms with E-state index in [-0.39, 0.29) is 30.2 Å². The van der Waals surface area contributed by atoms with E-state index in [9.17, 15) is 28.6 Å². The lowest BCUT2D eigenvalue weighted by molar-refractivity contribution is -0.286. The highest BCUT2D eigenvalue weighted by Gasteiger charge is 2.63. The summed E-state index contributed by atoms with van der Waals surface area (Å²) in [7, 11) is 0. The average molecular weight is 401 g/mol. The van der Waals surface area contributed by atoms with Crippen LogP contribution in [0.3, 0.4) is 0 Å². The zero-order valence-corrected chi connectivity index (χ0v) is 15.8. The number of carbonyl (C=O) groups is 2. The van der Waals surface area contributed by atoms with Gasteiger partial charge in [-0.1, -0.05) is 20.8 Å². The Morgan fingerprint density at radius 2 is 1.79 bits per heavy atom. The van der Waals surface area contributed by atoms with E-state index >= 15 is 0 Å². The molecule has 0 aromatic heterocycles. The van der Waals surface area contributed by atoms with Crippen molar-refractivity contribution in [2.24, 2.45) is 5.41 Å². The number of alkyl halides is 2. The lowest BCUT2D eigenvalue weighted by Crippen LogP contribution is -2.50. The number of rotatable bonds is 3. The molecule has 28 heavy (non-hydrogen) atoms. The summed E-state index contributed by atoms with van der Waals surface area (Å²) < 4.78 is 41.4. The molecule has 154 valence electrons. The van der Waals surface area contributed by atoms with Crippen molar-refractivity contribution in [2.75, 3.05) is 6.54 Å². The standard InChI is InChI=1S/C18H21F2NO7/c1-15(2,3)17(8-16(4,13(22)23)21(9-17)14(24)25)26-10-5-6-11-12(7-10)28-18(19,20)27-11/h5-7H,8-9H2,1-4H3,(H,22,23)(H,24,25)/t16-,17+/m0/s1. The molecule has 0 saturated carbocycles. The molecule has 1 fully saturated rings. The highest BCUT2D eigenvalue weighted by atomic mass is 19.3. The first-order valence-electron chi connectivity index (χ1n) is 8.52. The number of nitrogens with zero attached hydrogens (tertiary/aromatic N) is 1. The Labute approximate surface area is 159 Å². The normalized spacial score (nSPS) is 28.3. The SMILES string of the molecule is CC(C)(C)[C@]1(Oc2ccc3c(c2)OC(F)(F)O3)CN(C(=O)O)[C@](C)(C(=O)O)C1. The third-order valence-corrected chi connectivity index (χ3v) is 5.38. The maximum atomic E-state index is 13.2. The molecule has 2 aliphatic heterocycles. The van der Waals surface area contributed by atoms with Crippen molar-refractivity contribution in [1.82, 2.24) is 4.90 Å². The van der Waals surface area contributed by atoms with Gasteiger partial charge in [-0.25, -0.2) is 9.59 Å². The van der Waals surface area contributed by atoms with Gasteiger partial charge in [0.25, 0.3) is 0 Å². The van der Waals surface area contributed by atoms with Gasteiger partial charge in [0.05, 0.1) is 6.54 Å². The van der Waals surface area contributed by atoms with Gasteiger partial charge < -0.3 is 24.4 Å². The summed E-state index contributed by atoms with van der Waals surface area (Å²) in [4.78, 5) is 24.4. The highest BCUT2D eigenvalue weighted by molar-refractivity contribution is 5.84. The van der Waals surface area contributed by atoms with Crippen molar-refractivity contribution in [1.29, 1.82) is 0 Å². The van der Waals surface area contributed by atoms with E-state index < -0.39 is 34.9 Å². The van der Waals surface area contributed by atoms with Gasteiger partial charge in [-0.3, -0.25) is 4.90 Å². The van der Waals surface area contributed by atoms with Gasteiger partial charge in [-0.2, -0.15) is 0 Å². The van der Waals surface area contributed by atoms with Gasteiger partial charge >= 0.3 is 18.4 Å². The van der Waals surface area contributed by atoms with Crippen LogP contribution in [-0.4, -0.2) is 51.2 Å². The fourth-order valence-corrected chi connectivity index (χ4v) is 3.55. The second-order valence-electron chi connectivity index (χ2n) is 8.25. The Morgan fingerprint density at radius 3 is 2.29 bits per heavy atom. The van der Waals surface area contributed by atoms with Crippen molar-refractivity contribution >= 4 is 12.1 Å². The first-order chi connectivity index (χ1) is 12.7. The molecule has 8 nitrogen and oxygen atoms in total. The Hall–Kier alpha value is -2.78. The van der Waals surface area contributed by atoms with Crippen LogP contribution in [0, 0.1) is 5.41 Å². The molecule has 2 atom stereocenters. The predicted molar refractivity (Wildman–Crippen MR) is 90.8 cm³/mol. The quantitative estimate of drug-likeness (QED) is 0.800. The molecular formula is C18H21F2NO7. The fourth-order valence-electron chi connectivity index (χ4n) is 3.55. The molecule has 1 aromatic carbocycles. The molecule has 1 aromatic rings. The Morgan fingerprint density at radius 1 is 1.18 bits per heavy atom. The number of carboxylic acid groups (broad SMARTS) is 2. The smallest absolute Gasteiger partial charge is 0.485 e. The van der Waals surface area contributed by atoms with E-state index in [1.807, 2.05) is 0 Å². The van der Waals surface area contributed by atoms with Gasteiger partial charge in [0.1, 0.15) is 16.9 Å². The van der Waals surface area contributed by atoms with Crippen LogP contribution in [-0.2, 0) is 4.79 Å². The molecule has 1 amide bonds. The van der Waals surface area contributed by atoms with Crippen LogP contribution in [0.4, 0.5) is 13.6 Å². The maximum Gasteiger partial charge on any atom is 0.586 e. The Kier molecular flexibility index (Phi) is 4.18. The minimum Gasteiger partial charge on any atom is -0.485 e. The molecule has 0 unspecified atom stereocenters. The van der Waals surface area contributed by atoms with E-state index in [1.54, 1.807) is 20.8 Å². The molecular weight excluding hydrogens is 380 g/mol. The Bertz CT molecular complexity index is 838. The largest absolute Gasteiger partial charge is 0.586 e. The summed E-state index contributed by atoms with van der Waals surface area (Å²) >= 11 is 0. The number of benzene rings is 1. The molecule has 2 aliphatic rings. The van der Waals surface area contributed by atoms with Crippen molar-refractivity contribution in [3.05, 3.63) is 18.2 Å². The second kappa shape index (κ2) is 5.86. The molecule has 0 bridgehead atoms. The first-order valence-corrected chi connectivity index (χ1v) is 8.52. The van der Waals surface area contributed by atoms with Crippen LogP contribution in [0.15, 0.2) is 18.2 Å². The lowest BCUT2D eigenvalue weighted by atomic mass is 9.73. The summed E-state index contributed by atoms with van der Waals surface area (Å²) in [5.41, 5.74) is -3.62. The number of halogens is 2. The van der Waals surface area contributed by atoms with E-state index in [2.05, 4.69) is 9.47 Å². The summed E-state index contributed by atoms with van der Waals surface area (Å²) in [5.74, 6) is -1.54. The number of amides is 1. The zero-order valence-electron chi connectivity index (χ0n) is 15.8. The molecule has 3 rings (SSSR count). The number of aliphatic carboxylic acids is 1. The lowest BCUT2D eigenvalue weighted by Gasteiger charge is -2.41. The number of likely N-dealkylation sites (tertiary alicyclic amines) is 1. The van der Waals surface area contributed by atoms with Gasteiger partial charge in [-0.15, -0.1) is 8.78 Å². The summed E-state index contributed by atoms with van der Waals surface area (Å²) in [6.07, 6.45) is -5.29. The predicted octanol–water partition coefficient (Wildman–Crippen LogP) is 3.40. The molecule has 2 heterocycles. The van der Waals surface area contributed by atoms with Crippen LogP contribution < -0.4 is 14.2 Å². The van der Waals surface area contributed by atoms with Crippen LogP contribution in [0.2, 0.25) is 0 Å². The first kappa shape index (κ1) is 20.0. The van der Waals surface area contributed by atoms with E-state index in [0.29, 0.717) is 0 Å². The third-order valence-electron chi connectivity index (χ3n) is 5.38. The average Bonchev–Trinajstić information content (AvgIpc) is 3.00. The van der Waals surface area contributed by atoms with Crippen molar-refractivity contribution < 1.29 is 42.8 Å². The van der Waals surface area contributed by atoms with Crippen LogP contribution in [0.1, 0.15) is 34.1 Å². The number of hydrogen-bond acceptors (Lipinski definition) is 5. The molecule has 2 N–H and O–H groups in total. The molecule has 10 heteroatoms. The van der Waals surface area contributed by atoms with Gasteiger partial charge in [0.15, 0.2) is 11.5 Å². The maximum absolute atomic E-state index is 13.2. The molecule has 1 saturated heterocycles. The van der Waals surface area contributed by atoms with E-state index in [4.69, 9.17) is 4.74 Å². The van der Waals surface area contributed by atoms with E-state index in [1.165, 1.54) is 25.1 Å². The summed E-state index contributed by atoms with van der Waals surface area (Å²) in [6.45, 7) is 6.49. The summed E-state index contributed by atoms with van der Waals surface area (Å²) in [5, 5.41) is 19.2. The molecule has 0 radical (unpaired) electrons. The van der Waals surface area contributed by atoms with Gasteiger partial charge in [0, 0.05) is 17.9 Å². The van der Waals surface area contributed by atoms with Crippen molar-refractivity contribution in [3.63, 3.8) is 0 Å². The van der Waals surface area contributed by atoms with Gasteiger partial charge in [-0.05, 0) is 19.1 Å². The number of ether oxygens (including phenoxy) is 3. The fraction of sp³-hybridized carbons (Fsp3) is 0.556. The van der Waals surface area contributed by atoms with Crippen LogP contribution in [0.5, 0.6) is 17.2 Å². The van der Waals surface area contributed by atoms with E-state index in [0.717, 1.165) is 4.90 Å². The number of hydrogen-bond donors (Lipinski definition) is 2. The number of carboxylic acids is 1. The van der Waals surface area contributed by atoms with Crippen molar-refractivity contribution in [2.45, 2.75) is 51.6 Å². The van der Waals surface area contributed by atoms with Gasteiger partial charge in [0.2, 0.25) is 0 Å². The highest BCUT2D eigenvalue weighted by Crippen LogP contribution is 2.50. The second-order valence-corrected chi connectivity index (χ2v) is 8.25. The van der Waals surface area contributed by atoms with Crippen LogP contribution in [0.25, 0.3) is 0 Å². The third kappa shape index (κ3) is 3.06. The summed E-state index contributed by atoms with van der Waals surface area (Å²) in [6, 6.07) is 3.85. The zero-order chi connectivity index (χ0) is 21.1. The van der Waals surface area contributed by atoms with Crippen molar-refractivity contribution in [3.8, 4) is 17.2 Å². The minimum absolute atomic E-state index is 0.129. The van der Waals surface area contributed by atoms with Crippen LogP contribution >= 0.6 is 0 Å². The number of fused-ring (bicyclic) bond motifs is 1.